The van der Waals surface area contributed by atoms with Crippen LogP contribution in [0.3, 0.4) is 0 Å². The summed E-state index contributed by atoms with van der Waals surface area (Å²) < 4.78 is 40.0. The van der Waals surface area contributed by atoms with E-state index >= 15 is 0 Å². The molecule has 1 aromatic heterocycles. The number of anilines is 1. The molecule has 0 aliphatic carbocycles. The van der Waals surface area contributed by atoms with Gasteiger partial charge in [-0.25, -0.2) is 13.2 Å². The summed E-state index contributed by atoms with van der Waals surface area (Å²) in [5.41, 5.74) is -1.74. The van der Waals surface area contributed by atoms with E-state index in [0.29, 0.717) is 6.07 Å². The number of pyridine rings is 1. The topological polar surface area (TPSA) is 94.2 Å². The zero-order valence-electron chi connectivity index (χ0n) is 11.3. The Kier molecular flexibility index (Phi) is 4.44. The fourth-order valence-corrected chi connectivity index (χ4v) is 1.72. The van der Waals surface area contributed by atoms with E-state index < -0.39 is 51.8 Å². The molecular weight excluding hydrogens is 319 g/mol. The van der Waals surface area contributed by atoms with Gasteiger partial charge in [0.25, 0.3) is 11.2 Å². The first-order valence-corrected chi connectivity index (χ1v) is 6.08. The van der Waals surface area contributed by atoms with Gasteiger partial charge in [0.1, 0.15) is 6.54 Å². The van der Waals surface area contributed by atoms with Crippen LogP contribution in [0.4, 0.5) is 24.5 Å². The van der Waals surface area contributed by atoms with Crippen LogP contribution < -0.4 is 10.9 Å². The summed E-state index contributed by atoms with van der Waals surface area (Å²) in [6.07, 6.45) is 0.837. The second-order valence-corrected chi connectivity index (χ2v) is 4.38. The van der Waals surface area contributed by atoms with Crippen LogP contribution in [0.1, 0.15) is 0 Å². The minimum atomic E-state index is -1.75. The highest BCUT2D eigenvalue weighted by molar-refractivity contribution is 5.90. The van der Waals surface area contributed by atoms with E-state index in [4.69, 9.17) is 0 Å². The van der Waals surface area contributed by atoms with Crippen LogP contribution >= 0.6 is 0 Å². The maximum Gasteiger partial charge on any atom is 0.285 e. The Bertz CT molecular complexity index is 851. The molecule has 0 saturated heterocycles. The predicted molar refractivity (Wildman–Crippen MR) is 72.3 cm³/mol. The van der Waals surface area contributed by atoms with Crippen LogP contribution in [0.2, 0.25) is 0 Å². The van der Waals surface area contributed by atoms with Crippen molar-refractivity contribution in [1.82, 2.24) is 4.57 Å². The number of nitro groups is 1. The summed E-state index contributed by atoms with van der Waals surface area (Å²) in [5, 5.41) is 12.6. The van der Waals surface area contributed by atoms with Crippen LogP contribution in [0.5, 0.6) is 0 Å². The number of benzene rings is 1. The van der Waals surface area contributed by atoms with Crippen molar-refractivity contribution in [2.75, 3.05) is 5.32 Å². The number of hydrogen-bond acceptors (Lipinski definition) is 4. The molecule has 0 saturated carbocycles. The predicted octanol–water partition coefficient (Wildman–Crippen LogP) is 1.81. The van der Waals surface area contributed by atoms with Gasteiger partial charge in [-0.1, -0.05) is 0 Å². The molecule has 120 valence electrons. The van der Waals surface area contributed by atoms with Crippen molar-refractivity contribution in [2.45, 2.75) is 6.54 Å². The van der Waals surface area contributed by atoms with Crippen LogP contribution in [0, 0.1) is 27.6 Å². The van der Waals surface area contributed by atoms with Crippen molar-refractivity contribution in [1.29, 1.82) is 0 Å². The maximum atomic E-state index is 13.4. The zero-order chi connectivity index (χ0) is 17.1. The number of nitrogens with one attached hydrogen (secondary N) is 1. The van der Waals surface area contributed by atoms with Gasteiger partial charge in [-0.2, -0.15) is 0 Å². The summed E-state index contributed by atoms with van der Waals surface area (Å²) in [4.78, 5) is 33.1. The molecule has 23 heavy (non-hydrogen) atoms. The van der Waals surface area contributed by atoms with Crippen LogP contribution in [0.15, 0.2) is 35.3 Å². The molecule has 0 aliphatic rings. The van der Waals surface area contributed by atoms with E-state index in [0.717, 1.165) is 29.0 Å². The molecule has 0 aliphatic heterocycles. The van der Waals surface area contributed by atoms with Gasteiger partial charge in [0.2, 0.25) is 5.91 Å². The minimum absolute atomic E-state index is 0.420. The monoisotopic (exact) mass is 327 g/mol. The quantitative estimate of drug-likeness (QED) is 0.526. The second kappa shape index (κ2) is 6.30. The molecule has 1 N–H and O–H groups in total. The first-order chi connectivity index (χ1) is 10.8. The zero-order valence-corrected chi connectivity index (χ0v) is 11.3. The third-order valence-electron chi connectivity index (χ3n) is 2.80. The Balaban J connectivity index is 2.21. The van der Waals surface area contributed by atoms with Gasteiger partial charge < -0.3 is 5.32 Å². The van der Waals surface area contributed by atoms with E-state index in [2.05, 4.69) is 0 Å². The molecule has 1 aromatic carbocycles. The van der Waals surface area contributed by atoms with Gasteiger partial charge in [0, 0.05) is 12.1 Å². The molecule has 0 unspecified atom stereocenters. The number of aromatic nitrogens is 1. The number of amides is 1. The normalized spacial score (nSPS) is 10.4. The van der Waals surface area contributed by atoms with Gasteiger partial charge in [-0.15, -0.1) is 0 Å². The third-order valence-corrected chi connectivity index (χ3v) is 2.80. The number of nitrogens with zero attached hydrogens (tertiary/aromatic N) is 2. The summed E-state index contributed by atoms with van der Waals surface area (Å²) in [5.74, 6) is -5.71. The van der Waals surface area contributed by atoms with E-state index in [-0.39, 0.29) is 0 Å². The average molecular weight is 327 g/mol. The smallest absolute Gasteiger partial charge is 0.285 e. The fourth-order valence-electron chi connectivity index (χ4n) is 1.72. The highest BCUT2D eigenvalue weighted by Gasteiger charge is 2.16. The van der Waals surface area contributed by atoms with Gasteiger partial charge in [0.15, 0.2) is 17.5 Å². The molecule has 2 aromatic rings. The van der Waals surface area contributed by atoms with E-state index in [1.165, 1.54) is 0 Å². The molecule has 0 fully saturated rings. The van der Waals surface area contributed by atoms with Crippen molar-refractivity contribution < 1.29 is 22.9 Å². The summed E-state index contributed by atoms with van der Waals surface area (Å²) in [6.45, 7) is -0.668. The highest BCUT2D eigenvalue weighted by Crippen LogP contribution is 2.19. The summed E-state index contributed by atoms with van der Waals surface area (Å²) >= 11 is 0. The van der Waals surface area contributed by atoms with Crippen molar-refractivity contribution >= 4 is 17.3 Å². The van der Waals surface area contributed by atoms with Gasteiger partial charge in [0.05, 0.1) is 16.8 Å². The molecule has 2 rings (SSSR count). The van der Waals surface area contributed by atoms with Gasteiger partial charge in [-0.05, 0) is 12.1 Å². The summed E-state index contributed by atoms with van der Waals surface area (Å²) in [7, 11) is 0. The molecular formula is C13H8F3N3O4. The highest BCUT2D eigenvalue weighted by atomic mass is 19.2. The third kappa shape index (κ3) is 3.54. The molecule has 7 nitrogen and oxygen atoms in total. The summed E-state index contributed by atoms with van der Waals surface area (Å²) in [6, 6.07) is 3.28. The van der Waals surface area contributed by atoms with Crippen molar-refractivity contribution in [3.8, 4) is 0 Å². The Morgan fingerprint density at radius 1 is 1.17 bits per heavy atom. The van der Waals surface area contributed by atoms with Crippen molar-refractivity contribution in [3.05, 3.63) is 68.4 Å². The Morgan fingerprint density at radius 3 is 2.52 bits per heavy atom. The number of carbonyl (C=O) groups is 1. The molecule has 10 heteroatoms. The minimum Gasteiger partial charge on any atom is -0.322 e. The number of halogens is 3. The SMILES string of the molecule is O=C(Cn1cc([N+](=O)[O-])ccc1=O)Nc1ccc(F)c(F)c1F. The van der Waals surface area contributed by atoms with Gasteiger partial charge >= 0.3 is 0 Å². The lowest BCUT2D eigenvalue weighted by Crippen LogP contribution is -2.27. The average Bonchev–Trinajstić information content (AvgIpc) is 2.50. The number of rotatable bonds is 4. The standard InChI is InChI=1S/C13H8F3N3O4/c14-8-2-3-9(13(16)12(8)15)17-10(20)6-18-5-7(19(22)23)1-4-11(18)21/h1-5H,6H2,(H,17,20). The lowest BCUT2D eigenvalue weighted by atomic mass is 10.2. The largest absolute Gasteiger partial charge is 0.322 e. The van der Waals surface area contributed by atoms with Crippen molar-refractivity contribution in [2.24, 2.45) is 0 Å². The maximum absolute atomic E-state index is 13.4. The Hall–Kier alpha value is -3.17. The van der Waals surface area contributed by atoms with E-state index in [1.54, 1.807) is 0 Å². The molecule has 1 heterocycles. The fraction of sp³-hybridized carbons (Fsp3) is 0.0769. The number of carbonyl (C=O) groups excluding carboxylic acids is 1. The van der Waals surface area contributed by atoms with E-state index in [9.17, 15) is 32.9 Å². The number of hydrogen-bond donors (Lipinski definition) is 1. The van der Waals surface area contributed by atoms with Crippen molar-refractivity contribution in [3.63, 3.8) is 0 Å². The Morgan fingerprint density at radius 2 is 1.87 bits per heavy atom. The molecule has 0 spiro atoms. The molecule has 0 radical (unpaired) electrons. The Labute approximate surface area is 126 Å². The molecule has 0 bridgehead atoms. The van der Waals surface area contributed by atoms with E-state index in [1.807, 2.05) is 5.32 Å². The second-order valence-electron chi connectivity index (χ2n) is 4.38. The lowest BCUT2D eigenvalue weighted by molar-refractivity contribution is -0.385. The first-order valence-electron chi connectivity index (χ1n) is 6.08. The first kappa shape index (κ1) is 16.2. The lowest BCUT2D eigenvalue weighted by Gasteiger charge is -2.08. The molecule has 1 amide bonds. The molecule has 0 atom stereocenters. The van der Waals surface area contributed by atoms with Crippen LogP contribution in [-0.2, 0) is 11.3 Å². The van der Waals surface area contributed by atoms with Crippen LogP contribution in [0.25, 0.3) is 0 Å². The van der Waals surface area contributed by atoms with Gasteiger partial charge in [-0.3, -0.25) is 24.3 Å². The van der Waals surface area contributed by atoms with Crippen LogP contribution in [-0.4, -0.2) is 15.4 Å².